The molecule has 0 aromatic carbocycles. The summed E-state index contributed by atoms with van der Waals surface area (Å²) in [6.07, 6.45) is 4.78. The molecule has 0 rings (SSSR count). The van der Waals surface area contributed by atoms with E-state index in [1.807, 2.05) is 20.8 Å². The molecule has 132 valence electrons. The fourth-order valence-corrected chi connectivity index (χ4v) is 2.38. The molecule has 0 saturated carbocycles. The number of hydrogen-bond donors (Lipinski definition) is 0. The lowest BCUT2D eigenvalue weighted by molar-refractivity contribution is -0.127. The molecule has 0 radical (unpaired) electrons. The topological polar surface area (TPSA) is 20.3 Å². The Morgan fingerprint density at radius 3 is 1.36 bits per heavy atom. The third kappa shape index (κ3) is 12.2. The molecular formula is C20H41NO. The Labute approximate surface area is 140 Å². The van der Waals surface area contributed by atoms with Gasteiger partial charge in [0.25, 0.3) is 0 Å². The highest BCUT2D eigenvalue weighted by atomic mass is 16.1. The van der Waals surface area contributed by atoms with E-state index >= 15 is 0 Å². The molecule has 0 amide bonds. The van der Waals surface area contributed by atoms with Gasteiger partial charge in [0.15, 0.2) is 5.78 Å². The number of nitrogens with zero attached hydrogens (tertiary/aromatic N) is 1. The molecule has 0 aliphatic heterocycles. The molecule has 0 aromatic heterocycles. The Hall–Kier alpha value is -0.370. The maximum atomic E-state index is 12.4. The first kappa shape index (κ1) is 21.6. The summed E-state index contributed by atoms with van der Waals surface area (Å²) in [5.74, 6) is 0.360. The third-order valence-corrected chi connectivity index (χ3v) is 4.01. The van der Waals surface area contributed by atoms with Crippen LogP contribution in [0.4, 0.5) is 0 Å². The largest absolute Gasteiger partial charge is 0.298 e. The smallest absolute Gasteiger partial charge is 0.152 e. The molecule has 0 unspecified atom stereocenters. The Kier molecular flexibility index (Phi) is 8.33. The van der Waals surface area contributed by atoms with Crippen LogP contribution in [0.3, 0.4) is 0 Å². The van der Waals surface area contributed by atoms with Gasteiger partial charge in [-0.2, -0.15) is 0 Å². The van der Waals surface area contributed by atoms with Crippen LogP contribution >= 0.6 is 0 Å². The van der Waals surface area contributed by atoms with E-state index in [1.165, 1.54) is 25.7 Å². The van der Waals surface area contributed by atoms with E-state index in [-0.39, 0.29) is 5.41 Å². The van der Waals surface area contributed by atoms with Gasteiger partial charge in [0.05, 0.1) is 6.54 Å². The van der Waals surface area contributed by atoms with Gasteiger partial charge in [-0.15, -0.1) is 0 Å². The first-order chi connectivity index (χ1) is 9.71. The molecule has 0 spiro atoms. The van der Waals surface area contributed by atoms with Gasteiger partial charge in [-0.25, -0.2) is 0 Å². The van der Waals surface area contributed by atoms with Crippen LogP contribution in [0.5, 0.6) is 0 Å². The van der Waals surface area contributed by atoms with Gasteiger partial charge in [0.1, 0.15) is 0 Å². The maximum absolute atomic E-state index is 12.4. The maximum Gasteiger partial charge on any atom is 0.152 e. The van der Waals surface area contributed by atoms with E-state index in [9.17, 15) is 4.79 Å². The minimum Gasteiger partial charge on any atom is -0.298 e. The monoisotopic (exact) mass is 311 g/mol. The SMILES string of the molecule is CC(C)(C)CCCN(CCCC(C)(C)C)CC(=O)C(C)(C)C. The number of ketones is 1. The fourth-order valence-electron chi connectivity index (χ4n) is 2.38. The second-order valence-corrected chi connectivity index (χ2v) is 10.3. The van der Waals surface area contributed by atoms with Crippen LogP contribution in [0.1, 0.15) is 88.0 Å². The zero-order valence-corrected chi connectivity index (χ0v) is 16.8. The molecule has 0 atom stereocenters. The highest BCUT2D eigenvalue weighted by molar-refractivity contribution is 5.85. The van der Waals surface area contributed by atoms with Crippen molar-refractivity contribution >= 4 is 5.78 Å². The molecule has 0 aliphatic rings. The molecule has 22 heavy (non-hydrogen) atoms. The van der Waals surface area contributed by atoms with Crippen LogP contribution in [0.15, 0.2) is 0 Å². The van der Waals surface area contributed by atoms with Crippen molar-refractivity contribution < 1.29 is 4.79 Å². The Morgan fingerprint density at radius 1 is 0.727 bits per heavy atom. The van der Waals surface area contributed by atoms with E-state index in [0.29, 0.717) is 23.2 Å². The molecule has 0 heterocycles. The van der Waals surface area contributed by atoms with Crippen LogP contribution in [0.2, 0.25) is 0 Å². The van der Waals surface area contributed by atoms with Gasteiger partial charge in [0, 0.05) is 5.41 Å². The molecule has 0 aliphatic carbocycles. The lowest BCUT2D eigenvalue weighted by Crippen LogP contribution is -2.37. The quantitative estimate of drug-likeness (QED) is 0.585. The van der Waals surface area contributed by atoms with Gasteiger partial charge in [0.2, 0.25) is 0 Å². The van der Waals surface area contributed by atoms with Crippen molar-refractivity contribution in [3.8, 4) is 0 Å². The van der Waals surface area contributed by atoms with Gasteiger partial charge in [-0.3, -0.25) is 9.69 Å². The lowest BCUT2D eigenvalue weighted by Gasteiger charge is -2.28. The van der Waals surface area contributed by atoms with Crippen LogP contribution < -0.4 is 0 Å². The minimum atomic E-state index is -0.230. The first-order valence-corrected chi connectivity index (χ1v) is 8.96. The summed E-state index contributed by atoms with van der Waals surface area (Å²) in [6.45, 7) is 22.5. The number of carbonyl (C=O) groups excluding carboxylic acids is 1. The number of hydrogen-bond acceptors (Lipinski definition) is 2. The number of Topliss-reactive ketones (excluding diaryl/α,β-unsaturated/α-hetero) is 1. The predicted molar refractivity (Wildman–Crippen MR) is 98.3 cm³/mol. The highest BCUT2D eigenvalue weighted by Crippen LogP contribution is 2.23. The summed E-state index contributed by atoms with van der Waals surface area (Å²) in [5.41, 5.74) is 0.530. The second kappa shape index (κ2) is 8.47. The minimum absolute atomic E-state index is 0.230. The fraction of sp³-hybridized carbons (Fsp3) is 0.950. The molecule has 0 bridgehead atoms. The van der Waals surface area contributed by atoms with E-state index in [1.54, 1.807) is 0 Å². The molecule has 0 aromatic rings. The molecule has 0 fully saturated rings. The standard InChI is InChI=1S/C20H41NO/c1-18(2,3)12-10-14-21(15-11-13-19(4,5)6)16-17(22)20(7,8)9/h10-16H2,1-9H3. The lowest BCUT2D eigenvalue weighted by atomic mass is 9.88. The van der Waals surface area contributed by atoms with E-state index in [4.69, 9.17) is 0 Å². The zero-order valence-electron chi connectivity index (χ0n) is 16.8. The number of rotatable bonds is 8. The van der Waals surface area contributed by atoms with Crippen LogP contribution in [-0.2, 0) is 4.79 Å². The van der Waals surface area contributed by atoms with E-state index < -0.39 is 0 Å². The molecule has 0 N–H and O–H groups in total. The highest BCUT2D eigenvalue weighted by Gasteiger charge is 2.24. The van der Waals surface area contributed by atoms with Crippen molar-refractivity contribution in [3.63, 3.8) is 0 Å². The number of carbonyl (C=O) groups is 1. The normalized spacial score (nSPS) is 13.7. The van der Waals surface area contributed by atoms with Crippen LogP contribution in [0.25, 0.3) is 0 Å². The van der Waals surface area contributed by atoms with Crippen molar-refractivity contribution in [1.29, 1.82) is 0 Å². The molecule has 0 saturated heterocycles. The molecule has 2 heteroatoms. The van der Waals surface area contributed by atoms with Crippen molar-refractivity contribution in [1.82, 2.24) is 4.90 Å². The van der Waals surface area contributed by atoms with Gasteiger partial charge in [-0.1, -0.05) is 62.3 Å². The van der Waals surface area contributed by atoms with E-state index in [2.05, 4.69) is 46.4 Å². The van der Waals surface area contributed by atoms with E-state index in [0.717, 1.165) is 13.1 Å². The second-order valence-electron chi connectivity index (χ2n) is 10.3. The summed E-state index contributed by atoms with van der Waals surface area (Å²) in [6, 6.07) is 0. The Morgan fingerprint density at radius 2 is 1.09 bits per heavy atom. The van der Waals surface area contributed by atoms with Crippen LogP contribution in [-0.4, -0.2) is 30.3 Å². The summed E-state index contributed by atoms with van der Waals surface area (Å²) in [7, 11) is 0. The van der Waals surface area contributed by atoms with Crippen LogP contribution in [0, 0.1) is 16.2 Å². The molecular weight excluding hydrogens is 270 g/mol. The molecule has 2 nitrogen and oxygen atoms in total. The van der Waals surface area contributed by atoms with Crippen molar-refractivity contribution in [2.75, 3.05) is 19.6 Å². The van der Waals surface area contributed by atoms with Crippen molar-refractivity contribution in [3.05, 3.63) is 0 Å². The Balaban J connectivity index is 4.46. The summed E-state index contributed by atoms with van der Waals surface area (Å²) < 4.78 is 0. The first-order valence-electron chi connectivity index (χ1n) is 8.96. The van der Waals surface area contributed by atoms with Crippen molar-refractivity contribution in [2.45, 2.75) is 88.0 Å². The third-order valence-electron chi connectivity index (χ3n) is 4.01. The zero-order chi connectivity index (χ0) is 17.6. The summed E-state index contributed by atoms with van der Waals surface area (Å²) in [4.78, 5) is 14.7. The van der Waals surface area contributed by atoms with Gasteiger partial charge in [-0.05, 0) is 49.6 Å². The average Bonchev–Trinajstić information content (AvgIpc) is 2.23. The van der Waals surface area contributed by atoms with Gasteiger partial charge < -0.3 is 0 Å². The van der Waals surface area contributed by atoms with Gasteiger partial charge >= 0.3 is 0 Å². The Bertz CT molecular complexity index is 305. The summed E-state index contributed by atoms with van der Waals surface area (Å²) in [5, 5.41) is 0. The van der Waals surface area contributed by atoms with Crippen molar-refractivity contribution in [2.24, 2.45) is 16.2 Å². The summed E-state index contributed by atoms with van der Waals surface area (Å²) >= 11 is 0. The average molecular weight is 312 g/mol. The predicted octanol–water partition coefficient (Wildman–Crippen LogP) is 5.56.